The van der Waals surface area contributed by atoms with Crippen LogP contribution < -0.4 is 0 Å². The quantitative estimate of drug-likeness (QED) is 0.707. The van der Waals surface area contributed by atoms with Crippen molar-refractivity contribution in [2.45, 2.75) is 38.9 Å². The summed E-state index contributed by atoms with van der Waals surface area (Å²) in [5.41, 5.74) is 0. The fourth-order valence-electron chi connectivity index (χ4n) is 0.750. The number of rotatable bonds is 3. The maximum absolute atomic E-state index is 2.31. The summed E-state index contributed by atoms with van der Waals surface area (Å²) in [4.78, 5) is 0. The van der Waals surface area contributed by atoms with Crippen LogP contribution in [0.25, 0.3) is 12.3 Å². The van der Waals surface area contributed by atoms with Crippen LogP contribution in [-0.4, -0.2) is 8.80 Å². The van der Waals surface area contributed by atoms with Gasteiger partial charge in [0.1, 0.15) is 0 Å². The van der Waals surface area contributed by atoms with Crippen molar-refractivity contribution in [1.29, 1.82) is 0 Å². The first kappa shape index (κ1) is 22.5. The minimum Gasteiger partial charge on any atom is -0.693 e. The van der Waals surface area contributed by atoms with E-state index in [2.05, 4.69) is 20.8 Å². The van der Waals surface area contributed by atoms with E-state index >= 15 is 0 Å². The standard InChI is InChI=1S/C6H15Si.Er.2H2N/c1-4-7(5-2)6-3;;;/h4-6H2,1-3H3;;2*1H2/q;;2*-1. The van der Waals surface area contributed by atoms with Crippen LogP contribution in [0.1, 0.15) is 20.8 Å². The average Bonchev–Trinajstić information content (AvgIpc) is 1.72. The molecule has 0 aliphatic heterocycles. The molecule has 2 nitrogen and oxygen atoms in total. The van der Waals surface area contributed by atoms with Gasteiger partial charge in [-0.05, 0) is 0 Å². The maximum Gasteiger partial charge on any atom is 0.0470 e. The van der Waals surface area contributed by atoms with Crippen molar-refractivity contribution >= 4 is 8.80 Å². The van der Waals surface area contributed by atoms with Crippen LogP contribution in [0.4, 0.5) is 0 Å². The zero-order valence-corrected chi connectivity index (χ0v) is 9.92. The van der Waals surface area contributed by atoms with E-state index in [-0.39, 0.29) is 58.4 Å². The SMILES string of the molecule is CC[Si](CC)CC.[Er].[NH2-].[NH2-]. The molecule has 0 rings (SSSR count). The van der Waals surface area contributed by atoms with E-state index in [0.29, 0.717) is 0 Å². The van der Waals surface area contributed by atoms with Crippen LogP contribution in [-0.2, 0) is 0 Å². The summed E-state index contributed by atoms with van der Waals surface area (Å²) >= 11 is 0. The molecule has 0 fully saturated rings. The second-order valence-electron chi connectivity index (χ2n) is 1.81. The Kier molecular flexibility index (Phi) is 37.8. The Hall–Kier alpha value is 1.38. The molecule has 0 heterocycles. The zero-order chi connectivity index (χ0) is 5.70. The van der Waals surface area contributed by atoms with Crippen molar-refractivity contribution in [1.82, 2.24) is 0 Å². The molecule has 4 N–H and O–H groups in total. The number of hydrogen-bond donors (Lipinski definition) is 0. The van der Waals surface area contributed by atoms with Gasteiger partial charge in [-0.25, -0.2) is 0 Å². The van der Waals surface area contributed by atoms with Gasteiger partial charge in [0.2, 0.25) is 0 Å². The van der Waals surface area contributed by atoms with Crippen LogP contribution in [0.3, 0.4) is 0 Å². The van der Waals surface area contributed by atoms with Crippen molar-refractivity contribution in [2.75, 3.05) is 0 Å². The Morgan fingerprint density at radius 2 is 1.00 bits per heavy atom. The predicted octanol–water partition coefficient (Wildman–Crippen LogP) is 3.98. The normalized spacial score (nSPS) is 7.20. The summed E-state index contributed by atoms with van der Waals surface area (Å²) in [5, 5.41) is 0. The van der Waals surface area contributed by atoms with E-state index in [9.17, 15) is 0 Å². The average molecular weight is 315 g/mol. The molecule has 0 amide bonds. The van der Waals surface area contributed by atoms with Gasteiger partial charge in [-0.3, -0.25) is 0 Å². The van der Waals surface area contributed by atoms with Gasteiger partial charge in [0, 0.05) is 46.1 Å². The Bertz CT molecular complexity index is 37.2. The fourth-order valence-corrected chi connectivity index (χ4v) is 2.25. The van der Waals surface area contributed by atoms with E-state index in [4.69, 9.17) is 0 Å². The molecule has 0 spiro atoms. The maximum atomic E-state index is 2.31. The molecule has 0 atom stereocenters. The topological polar surface area (TPSA) is 67.0 Å². The third-order valence-electron chi connectivity index (χ3n) is 1.50. The van der Waals surface area contributed by atoms with Crippen LogP contribution >= 0.6 is 0 Å². The molecule has 10 heavy (non-hydrogen) atoms. The summed E-state index contributed by atoms with van der Waals surface area (Å²) in [6.45, 7) is 6.92. The van der Waals surface area contributed by atoms with Crippen molar-refractivity contribution in [3.05, 3.63) is 12.3 Å². The molecule has 0 saturated carbocycles. The third-order valence-corrected chi connectivity index (χ3v) is 4.50. The molecule has 4 heteroatoms. The first-order valence-electron chi connectivity index (χ1n) is 3.18. The summed E-state index contributed by atoms with van der Waals surface area (Å²) in [7, 11) is 0.137. The Balaban J connectivity index is -0.0000000600. The summed E-state index contributed by atoms with van der Waals surface area (Å²) in [6, 6.07) is 4.37. The Morgan fingerprint density at radius 3 is 1.00 bits per heavy atom. The van der Waals surface area contributed by atoms with Gasteiger partial charge in [-0.1, -0.05) is 38.9 Å². The fraction of sp³-hybridized carbons (Fsp3) is 1.00. The van der Waals surface area contributed by atoms with Gasteiger partial charge >= 0.3 is 0 Å². The molecule has 71 valence electrons. The minimum absolute atomic E-state index is 0. The van der Waals surface area contributed by atoms with Crippen molar-refractivity contribution in [3.8, 4) is 0 Å². The van der Waals surface area contributed by atoms with Gasteiger partial charge in [0.05, 0.1) is 0 Å². The molecule has 0 aromatic heterocycles. The number of nitrogens with two attached hydrogens (primary N) is 2. The predicted molar refractivity (Wildman–Crippen MR) is 47.8 cm³/mol. The van der Waals surface area contributed by atoms with Crippen LogP contribution in [0.5, 0.6) is 0 Å². The molecule has 0 bridgehead atoms. The monoisotopic (exact) mass is 313 g/mol. The van der Waals surface area contributed by atoms with Gasteiger partial charge in [-0.2, -0.15) is 0 Å². The minimum atomic E-state index is 0. The molecule has 0 aliphatic rings. The molecule has 0 unspecified atom stereocenters. The van der Waals surface area contributed by atoms with Gasteiger partial charge in [0.25, 0.3) is 0 Å². The van der Waals surface area contributed by atoms with Crippen molar-refractivity contribution in [2.24, 2.45) is 0 Å². The van der Waals surface area contributed by atoms with Crippen LogP contribution in [0.2, 0.25) is 18.1 Å². The number of hydrogen-bond acceptors (Lipinski definition) is 0. The first-order valence-corrected chi connectivity index (χ1v) is 5.30. The smallest absolute Gasteiger partial charge is 0.0470 e. The van der Waals surface area contributed by atoms with Gasteiger partial charge in [0.15, 0.2) is 0 Å². The second-order valence-corrected chi connectivity index (χ2v) is 5.43. The summed E-state index contributed by atoms with van der Waals surface area (Å²) in [5.74, 6) is 0. The zero-order valence-electron chi connectivity index (χ0n) is 7.06. The summed E-state index contributed by atoms with van der Waals surface area (Å²) < 4.78 is 0. The van der Waals surface area contributed by atoms with E-state index in [1.165, 1.54) is 18.1 Å². The van der Waals surface area contributed by atoms with E-state index < -0.39 is 0 Å². The molecular formula is C6H19ErN2Si-2. The molecule has 0 aromatic carbocycles. The van der Waals surface area contributed by atoms with Gasteiger partial charge in [-0.15, -0.1) is 0 Å². The molecule has 0 saturated heterocycles. The molecule has 0 aromatic rings. The van der Waals surface area contributed by atoms with Gasteiger partial charge < -0.3 is 12.3 Å². The molecule has 0 aliphatic carbocycles. The Labute approximate surface area is 96.5 Å². The van der Waals surface area contributed by atoms with Crippen LogP contribution in [0, 0.1) is 37.3 Å². The largest absolute Gasteiger partial charge is 0.693 e. The van der Waals surface area contributed by atoms with E-state index in [1.807, 2.05) is 0 Å². The summed E-state index contributed by atoms with van der Waals surface area (Å²) in [6.07, 6.45) is 0. The molecular weight excluding hydrogens is 295 g/mol. The van der Waals surface area contributed by atoms with Crippen LogP contribution in [0.15, 0.2) is 0 Å². The Morgan fingerprint density at radius 1 is 0.800 bits per heavy atom. The van der Waals surface area contributed by atoms with Crippen molar-refractivity contribution in [3.63, 3.8) is 0 Å². The van der Waals surface area contributed by atoms with Crippen molar-refractivity contribution < 1.29 is 37.3 Å². The van der Waals surface area contributed by atoms with E-state index in [0.717, 1.165) is 0 Å². The van der Waals surface area contributed by atoms with E-state index in [1.54, 1.807) is 0 Å². The first-order chi connectivity index (χ1) is 3.35. The molecule has 1 radical (unpaired) electrons. The second kappa shape index (κ2) is 16.8. The third kappa shape index (κ3) is 12.1.